The van der Waals surface area contributed by atoms with Gasteiger partial charge in [-0.25, -0.2) is 9.59 Å². The van der Waals surface area contributed by atoms with Crippen LogP contribution in [0.5, 0.6) is 11.5 Å². The molecule has 4 radical (unpaired) electrons. The van der Waals surface area contributed by atoms with Crippen molar-refractivity contribution in [1.82, 2.24) is 0 Å². The minimum absolute atomic E-state index is 0. The molecular weight excluding hydrogens is 740 g/mol. The van der Waals surface area contributed by atoms with Crippen molar-refractivity contribution in [3.05, 3.63) is 95.1 Å². The number of azo groups is 2. The fraction of sp³-hybridized carbons (Fsp3) is 0.0714. The van der Waals surface area contributed by atoms with Crippen LogP contribution in [0.4, 0.5) is 22.7 Å². The van der Waals surface area contributed by atoms with Crippen LogP contribution < -0.4 is 0 Å². The topological polar surface area (TPSA) is 273 Å². The van der Waals surface area contributed by atoms with E-state index < -0.39 is 64.6 Å². The molecule has 0 heterocycles. The van der Waals surface area contributed by atoms with Crippen LogP contribution in [-0.2, 0) is 33.1 Å². The summed E-state index contributed by atoms with van der Waals surface area (Å²) < 4.78 is 68.4. The van der Waals surface area contributed by atoms with Crippen LogP contribution in [0.2, 0.25) is 0 Å². The summed E-state index contributed by atoms with van der Waals surface area (Å²) in [5.74, 6) is -3.81. The molecule has 0 fully saturated rings. The Balaban J connectivity index is 0.00000600. The predicted molar refractivity (Wildman–Crippen MR) is 181 cm³/mol. The molecule has 0 bridgehead atoms. The van der Waals surface area contributed by atoms with Crippen LogP contribution in [0.15, 0.2) is 103 Å². The van der Waals surface area contributed by atoms with Crippen LogP contribution in [0.1, 0.15) is 31.8 Å². The van der Waals surface area contributed by atoms with Crippen molar-refractivity contribution in [2.75, 3.05) is 0 Å². The monoisotopic (exact) mass is 762 g/mol. The molecule has 0 saturated heterocycles. The average molecular weight is 763 g/mol. The van der Waals surface area contributed by atoms with Crippen molar-refractivity contribution in [1.29, 1.82) is 0 Å². The summed E-state index contributed by atoms with van der Waals surface area (Å²) in [6.45, 7) is 0. The second kappa shape index (κ2) is 20.6. The first-order valence-corrected chi connectivity index (χ1v) is 15.6. The second-order valence-corrected chi connectivity index (χ2v) is 12.2. The van der Waals surface area contributed by atoms with Gasteiger partial charge in [0.05, 0.1) is 32.5 Å². The van der Waals surface area contributed by atoms with Gasteiger partial charge < -0.3 is 20.4 Å². The second-order valence-electron chi connectivity index (χ2n) is 9.45. The maximum absolute atomic E-state index is 12.2. The Bertz CT molecular complexity index is 2010. The van der Waals surface area contributed by atoms with Gasteiger partial charge in [-0.2, -0.15) is 37.3 Å². The number of nitrogens with zero attached hydrogens (tertiary/aromatic N) is 4. The third kappa shape index (κ3) is 13.1. The summed E-state index contributed by atoms with van der Waals surface area (Å²) in [6, 6.07) is 14.1. The minimum Gasteiger partial charge on any atom is -0.507 e. The SMILES string of the molecule is O=C(O)c1cc(N=Nc2ccc(CCc3ccc(N=Nc4ccc(O)c(C(=O)O)c4)cc3S(=O)(=O)O)c(S(=O)(=O)O)c2)ccc1O.[Na].[Na].[Na].[Na]. The fourth-order valence-corrected chi connectivity index (χ4v) is 5.66. The van der Waals surface area contributed by atoms with E-state index in [1.807, 2.05) is 0 Å². The molecular formula is C28H22N4Na4O12S2. The summed E-state index contributed by atoms with van der Waals surface area (Å²) >= 11 is 0. The molecule has 242 valence electrons. The molecule has 4 aromatic carbocycles. The number of aromatic hydroxyl groups is 2. The molecule has 0 spiro atoms. The van der Waals surface area contributed by atoms with Gasteiger partial charge in [-0.05, 0) is 84.6 Å². The first kappa shape index (κ1) is 48.4. The number of carboxylic acid groups (broad SMARTS) is 2. The zero-order chi connectivity index (χ0) is 33.8. The van der Waals surface area contributed by atoms with Gasteiger partial charge in [-0.15, -0.1) is 0 Å². The largest absolute Gasteiger partial charge is 0.507 e. The quantitative estimate of drug-likeness (QED) is 0.0717. The molecule has 0 atom stereocenters. The summed E-state index contributed by atoms with van der Waals surface area (Å²) in [5.41, 5.74) is -0.771. The van der Waals surface area contributed by atoms with Crippen molar-refractivity contribution >= 4 is 173 Å². The molecule has 0 unspecified atom stereocenters. The van der Waals surface area contributed by atoms with Crippen LogP contribution in [0.3, 0.4) is 0 Å². The Hall–Kier alpha value is -1.56. The Kier molecular flexibility index (Phi) is 20.0. The zero-order valence-electron chi connectivity index (χ0n) is 27.1. The molecule has 0 aliphatic rings. The molecule has 50 heavy (non-hydrogen) atoms. The fourth-order valence-electron chi connectivity index (χ4n) is 4.12. The van der Waals surface area contributed by atoms with Crippen molar-refractivity contribution in [2.24, 2.45) is 20.5 Å². The molecule has 4 aromatic rings. The van der Waals surface area contributed by atoms with E-state index in [2.05, 4.69) is 20.5 Å². The normalized spacial score (nSPS) is 11.2. The van der Waals surface area contributed by atoms with Crippen LogP contribution in [0.25, 0.3) is 0 Å². The number of benzene rings is 4. The third-order valence-corrected chi connectivity index (χ3v) is 8.18. The maximum Gasteiger partial charge on any atom is 0.339 e. The molecule has 0 aliphatic carbocycles. The smallest absolute Gasteiger partial charge is 0.339 e. The van der Waals surface area contributed by atoms with Gasteiger partial charge in [-0.1, -0.05) is 12.1 Å². The van der Waals surface area contributed by atoms with Gasteiger partial charge in [-0.3, -0.25) is 9.11 Å². The van der Waals surface area contributed by atoms with Crippen molar-refractivity contribution in [2.45, 2.75) is 22.6 Å². The number of hydrogen-bond acceptors (Lipinski definition) is 12. The summed E-state index contributed by atoms with van der Waals surface area (Å²) in [6.07, 6.45) is -0.275. The van der Waals surface area contributed by atoms with Crippen molar-refractivity contribution in [3.8, 4) is 11.5 Å². The maximum atomic E-state index is 12.2. The molecule has 0 saturated carbocycles. The number of phenols is 2. The Morgan fingerprint density at radius 3 is 1.06 bits per heavy atom. The third-order valence-electron chi connectivity index (χ3n) is 6.30. The van der Waals surface area contributed by atoms with E-state index in [1.54, 1.807) is 0 Å². The van der Waals surface area contributed by atoms with E-state index in [9.17, 15) is 45.7 Å². The zero-order valence-corrected chi connectivity index (χ0v) is 36.7. The summed E-state index contributed by atoms with van der Waals surface area (Å²) in [5, 5.41) is 52.9. The summed E-state index contributed by atoms with van der Waals surface area (Å²) in [7, 11) is -9.63. The van der Waals surface area contributed by atoms with Crippen molar-refractivity contribution in [3.63, 3.8) is 0 Å². The van der Waals surface area contributed by atoms with Crippen LogP contribution in [-0.4, -0.2) is 177 Å². The van der Waals surface area contributed by atoms with Gasteiger partial charge in [0.15, 0.2) is 0 Å². The Labute approximate surface area is 373 Å². The number of carboxylic acids is 2. The molecule has 0 aliphatic heterocycles. The van der Waals surface area contributed by atoms with E-state index in [1.165, 1.54) is 36.4 Å². The van der Waals surface area contributed by atoms with Crippen molar-refractivity contribution < 1.29 is 56.0 Å². The standard InChI is InChI=1S/C28H22N4O12S2.4Na/c33-23-9-7-17(11-21(23)27(35)36)29-31-19-5-3-15(25(13-19)45(39,40)41)1-2-16-4-6-20(14-26(16)46(42,43)44)32-30-18-8-10-24(34)22(12-18)28(37)38;;;;/h3-14,33-34H,1-2H2,(H,35,36)(H,37,38)(H,39,40,41)(H,42,43,44);;;;. The van der Waals surface area contributed by atoms with Crippen LogP contribution in [0, 0.1) is 0 Å². The van der Waals surface area contributed by atoms with Gasteiger partial charge in [0.1, 0.15) is 22.6 Å². The van der Waals surface area contributed by atoms with E-state index >= 15 is 0 Å². The van der Waals surface area contributed by atoms with E-state index in [0.717, 1.165) is 36.4 Å². The first-order chi connectivity index (χ1) is 21.5. The number of aryl methyl sites for hydroxylation is 2. The van der Waals surface area contributed by atoms with E-state index in [4.69, 9.17) is 10.2 Å². The van der Waals surface area contributed by atoms with Gasteiger partial charge >= 0.3 is 11.9 Å². The number of rotatable bonds is 11. The minimum atomic E-state index is -4.82. The van der Waals surface area contributed by atoms with Gasteiger partial charge in [0.2, 0.25) is 0 Å². The number of carbonyl (C=O) groups is 2. The molecule has 4 rings (SSSR count). The van der Waals surface area contributed by atoms with Gasteiger partial charge in [0, 0.05) is 118 Å². The Morgan fingerprint density at radius 1 is 0.500 bits per heavy atom. The van der Waals surface area contributed by atoms with E-state index in [0.29, 0.717) is 0 Å². The number of aromatic carboxylic acids is 2. The summed E-state index contributed by atoms with van der Waals surface area (Å²) in [4.78, 5) is 21.3. The average Bonchev–Trinajstić information content (AvgIpc) is 2.98. The Morgan fingerprint density at radius 2 is 0.780 bits per heavy atom. The molecule has 16 nitrogen and oxygen atoms in total. The predicted octanol–water partition coefficient (Wildman–Crippen LogP) is 4.08. The van der Waals surface area contributed by atoms with E-state index in [-0.39, 0.29) is 165 Å². The molecule has 6 N–H and O–H groups in total. The molecule has 0 aromatic heterocycles. The molecule has 22 heteroatoms. The molecule has 0 amide bonds. The van der Waals surface area contributed by atoms with Crippen LogP contribution >= 0.6 is 0 Å². The first-order valence-electron chi connectivity index (χ1n) is 12.7. The number of hydrogen-bond donors (Lipinski definition) is 6. The van der Waals surface area contributed by atoms with Gasteiger partial charge in [0.25, 0.3) is 20.2 Å².